The van der Waals surface area contributed by atoms with Crippen molar-refractivity contribution in [2.24, 2.45) is 0 Å². The van der Waals surface area contributed by atoms with Crippen molar-refractivity contribution in [2.45, 2.75) is 51.6 Å². The summed E-state index contributed by atoms with van der Waals surface area (Å²) in [5.41, 5.74) is 0.969. The fourth-order valence-electron chi connectivity index (χ4n) is 2.03. The summed E-state index contributed by atoms with van der Waals surface area (Å²) in [6, 6.07) is 6.34. The van der Waals surface area contributed by atoms with E-state index in [1.54, 1.807) is 12.1 Å². The molecule has 0 N–H and O–H groups in total. The van der Waals surface area contributed by atoms with Crippen LogP contribution >= 0.6 is 0 Å². The van der Waals surface area contributed by atoms with Crippen LogP contribution in [0.15, 0.2) is 29.2 Å². The molecule has 1 rings (SSSR count). The van der Waals surface area contributed by atoms with Crippen molar-refractivity contribution < 1.29 is 17.9 Å². The first-order chi connectivity index (χ1) is 9.65. The molecule has 118 valence electrons. The minimum atomic E-state index is -3.63. The molecular formula is C15H23NO4S. The van der Waals surface area contributed by atoms with Crippen LogP contribution in [0.4, 0.5) is 4.79 Å². The Morgan fingerprint density at radius 1 is 1.10 bits per heavy atom. The molecule has 0 aliphatic carbocycles. The predicted octanol–water partition coefficient (Wildman–Crippen LogP) is 2.98. The molecular weight excluding hydrogens is 290 g/mol. The topological polar surface area (TPSA) is 63.7 Å². The third-order valence-electron chi connectivity index (χ3n) is 3.04. The number of nitrogens with zero attached hydrogens (tertiary/aromatic N) is 1. The van der Waals surface area contributed by atoms with E-state index in [0.29, 0.717) is 0 Å². The van der Waals surface area contributed by atoms with E-state index < -0.39 is 21.9 Å². The van der Waals surface area contributed by atoms with Crippen molar-refractivity contribution >= 4 is 15.9 Å². The second kappa shape index (κ2) is 6.93. The minimum Gasteiger partial charge on any atom is -0.433 e. The van der Waals surface area contributed by atoms with Gasteiger partial charge in [0, 0.05) is 12.1 Å². The molecule has 0 fully saturated rings. The molecule has 0 saturated carbocycles. The molecule has 5 nitrogen and oxygen atoms in total. The van der Waals surface area contributed by atoms with E-state index in [9.17, 15) is 13.2 Å². The number of benzene rings is 1. The Balaban J connectivity index is 2.77. The SMILES string of the molecule is Cc1ccc(S(=O)(=O)COC(=O)N(C(C)C)C(C)C)cc1. The summed E-state index contributed by atoms with van der Waals surface area (Å²) in [6.07, 6.45) is -0.615. The van der Waals surface area contributed by atoms with Crippen molar-refractivity contribution in [3.05, 3.63) is 29.8 Å². The van der Waals surface area contributed by atoms with Crippen LogP contribution < -0.4 is 0 Å². The van der Waals surface area contributed by atoms with E-state index in [-0.39, 0.29) is 17.0 Å². The van der Waals surface area contributed by atoms with Crippen molar-refractivity contribution in [3.8, 4) is 0 Å². The molecule has 0 aromatic heterocycles. The zero-order chi connectivity index (χ0) is 16.2. The average Bonchev–Trinajstić information content (AvgIpc) is 2.36. The van der Waals surface area contributed by atoms with Gasteiger partial charge in [0.25, 0.3) is 0 Å². The third-order valence-corrected chi connectivity index (χ3v) is 4.46. The van der Waals surface area contributed by atoms with Gasteiger partial charge in [0.15, 0.2) is 5.94 Å². The summed E-state index contributed by atoms with van der Waals surface area (Å²) in [7, 11) is -3.63. The largest absolute Gasteiger partial charge is 0.433 e. The molecule has 0 aliphatic heterocycles. The number of hydrogen-bond acceptors (Lipinski definition) is 4. The van der Waals surface area contributed by atoms with Gasteiger partial charge >= 0.3 is 6.09 Å². The lowest BCUT2D eigenvalue weighted by Gasteiger charge is -2.29. The average molecular weight is 313 g/mol. The van der Waals surface area contributed by atoms with E-state index in [1.165, 1.54) is 17.0 Å². The van der Waals surface area contributed by atoms with Crippen molar-refractivity contribution in [1.29, 1.82) is 0 Å². The van der Waals surface area contributed by atoms with Crippen LogP contribution in [0.5, 0.6) is 0 Å². The summed E-state index contributed by atoms with van der Waals surface area (Å²) >= 11 is 0. The zero-order valence-corrected chi connectivity index (χ0v) is 14.0. The predicted molar refractivity (Wildman–Crippen MR) is 81.8 cm³/mol. The fraction of sp³-hybridized carbons (Fsp3) is 0.533. The first-order valence-corrected chi connectivity index (χ1v) is 8.55. The van der Waals surface area contributed by atoms with Crippen LogP contribution in [0.1, 0.15) is 33.3 Å². The number of aryl methyl sites for hydroxylation is 1. The van der Waals surface area contributed by atoms with Crippen LogP contribution in [0.2, 0.25) is 0 Å². The highest BCUT2D eigenvalue weighted by Crippen LogP contribution is 2.14. The summed E-state index contributed by atoms with van der Waals surface area (Å²) < 4.78 is 29.2. The quantitative estimate of drug-likeness (QED) is 0.838. The molecule has 0 atom stereocenters. The van der Waals surface area contributed by atoms with Crippen LogP contribution in [0.3, 0.4) is 0 Å². The van der Waals surface area contributed by atoms with Gasteiger partial charge in [0.2, 0.25) is 9.84 Å². The fourth-order valence-corrected chi connectivity index (χ4v) is 2.98. The molecule has 0 unspecified atom stereocenters. The second-order valence-electron chi connectivity index (χ2n) is 5.55. The van der Waals surface area contributed by atoms with Crippen molar-refractivity contribution in [3.63, 3.8) is 0 Å². The molecule has 0 saturated heterocycles. The zero-order valence-electron chi connectivity index (χ0n) is 13.2. The van der Waals surface area contributed by atoms with Gasteiger partial charge in [-0.1, -0.05) is 17.7 Å². The number of carbonyl (C=O) groups is 1. The Bertz CT molecular complexity index is 568. The number of rotatable bonds is 5. The van der Waals surface area contributed by atoms with E-state index in [0.717, 1.165) is 5.56 Å². The molecule has 0 bridgehead atoms. The van der Waals surface area contributed by atoms with Gasteiger partial charge in [-0.25, -0.2) is 13.2 Å². The monoisotopic (exact) mass is 313 g/mol. The lowest BCUT2D eigenvalue weighted by Crippen LogP contribution is -2.42. The second-order valence-corrected chi connectivity index (χ2v) is 7.49. The highest BCUT2D eigenvalue weighted by atomic mass is 32.2. The van der Waals surface area contributed by atoms with Gasteiger partial charge in [-0.3, -0.25) is 0 Å². The van der Waals surface area contributed by atoms with Crippen LogP contribution in [0.25, 0.3) is 0 Å². The molecule has 1 aromatic rings. The smallest absolute Gasteiger partial charge is 0.411 e. The van der Waals surface area contributed by atoms with Gasteiger partial charge in [0.05, 0.1) is 4.90 Å². The maximum Gasteiger partial charge on any atom is 0.411 e. The lowest BCUT2D eigenvalue weighted by molar-refractivity contribution is 0.0916. The first-order valence-electron chi connectivity index (χ1n) is 6.89. The molecule has 1 amide bonds. The number of amides is 1. The summed E-state index contributed by atoms with van der Waals surface area (Å²) in [5, 5.41) is 0. The summed E-state index contributed by atoms with van der Waals surface area (Å²) in [5.74, 6) is -0.648. The Morgan fingerprint density at radius 3 is 2.00 bits per heavy atom. The summed E-state index contributed by atoms with van der Waals surface area (Å²) in [4.78, 5) is 13.7. The number of carbonyl (C=O) groups excluding carboxylic acids is 1. The van der Waals surface area contributed by atoms with E-state index in [1.807, 2.05) is 34.6 Å². The molecule has 6 heteroatoms. The normalized spacial score (nSPS) is 11.8. The van der Waals surface area contributed by atoms with Crippen LogP contribution in [0, 0.1) is 6.92 Å². The highest BCUT2D eigenvalue weighted by Gasteiger charge is 2.24. The van der Waals surface area contributed by atoms with Crippen molar-refractivity contribution in [2.75, 3.05) is 5.94 Å². The number of sulfone groups is 1. The highest BCUT2D eigenvalue weighted by molar-refractivity contribution is 7.91. The Hall–Kier alpha value is -1.56. The molecule has 0 heterocycles. The third kappa shape index (κ3) is 4.74. The van der Waals surface area contributed by atoms with Gasteiger partial charge in [-0.15, -0.1) is 0 Å². The standard InChI is InChI=1S/C15H23NO4S/c1-11(2)16(12(3)4)15(17)20-10-21(18,19)14-8-6-13(5)7-9-14/h6-9,11-12H,10H2,1-5H3. The molecule has 0 radical (unpaired) electrons. The van der Waals surface area contributed by atoms with Crippen LogP contribution in [-0.4, -0.2) is 37.4 Å². The minimum absolute atomic E-state index is 0.0559. The molecule has 21 heavy (non-hydrogen) atoms. The van der Waals surface area contributed by atoms with Crippen molar-refractivity contribution in [1.82, 2.24) is 4.90 Å². The molecule has 0 spiro atoms. The van der Waals surface area contributed by atoms with Gasteiger partial charge in [-0.05, 0) is 46.8 Å². The Labute approximate surface area is 126 Å². The molecule has 0 aliphatic rings. The van der Waals surface area contributed by atoms with E-state index in [2.05, 4.69) is 0 Å². The van der Waals surface area contributed by atoms with E-state index >= 15 is 0 Å². The number of ether oxygens (including phenoxy) is 1. The maximum atomic E-state index is 12.1. The van der Waals surface area contributed by atoms with Gasteiger partial charge in [0.1, 0.15) is 0 Å². The number of hydrogen-bond donors (Lipinski definition) is 0. The Morgan fingerprint density at radius 2 is 1.57 bits per heavy atom. The lowest BCUT2D eigenvalue weighted by atomic mass is 10.2. The molecule has 1 aromatic carbocycles. The maximum absolute atomic E-state index is 12.1. The first kappa shape index (κ1) is 17.5. The van der Waals surface area contributed by atoms with Gasteiger partial charge < -0.3 is 9.64 Å². The van der Waals surface area contributed by atoms with Crippen LogP contribution in [-0.2, 0) is 14.6 Å². The Kier molecular flexibility index (Phi) is 5.78. The van der Waals surface area contributed by atoms with E-state index in [4.69, 9.17) is 4.74 Å². The summed E-state index contributed by atoms with van der Waals surface area (Å²) in [6.45, 7) is 9.30. The van der Waals surface area contributed by atoms with Gasteiger partial charge in [-0.2, -0.15) is 0 Å².